The number of carboxylic acid groups (broad SMARTS) is 1. The average molecular weight is 258 g/mol. The summed E-state index contributed by atoms with van der Waals surface area (Å²) in [4.78, 5) is 21.9. The second kappa shape index (κ2) is 6.10. The smallest absolute Gasteiger partial charge is 0.326 e. The third kappa shape index (κ3) is 4.32. The van der Waals surface area contributed by atoms with E-state index < -0.39 is 17.9 Å². The van der Waals surface area contributed by atoms with Crippen molar-refractivity contribution < 1.29 is 19.8 Å². The highest BCUT2D eigenvalue weighted by atomic mass is 35.5. The molecule has 5 nitrogen and oxygen atoms in total. The predicted octanol–water partition coefficient (Wildman–Crippen LogP) is 0.743. The number of carbonyl (C=O) groups excluding carboxylic acids is 1. The summed E-state index contributed by atoms with van der Waals surface area (Å²) in [7, 11) is 0. The Hall–Kier alpha value is -1.75. The van der Waals surface area contributed by atoms with E-state index in [4.69, 9.17) is 21.8 Å². The van der Waals surface area contributed by atoms with Gasteiger partial charge in [-0.1, -0.05) is 12.1 Å². The molecule has 17 heavy (non-hydrogen) atoms. The van der Waals surface area contributed by atoms with Crippen LogP contribution in [0.3, 0.4) is 0 Å². The summed E-state index contributed by atoms with van der Waals surface area (Å²) in [5.41, 5.74) is 0.699. The van der Waals surface area contributed by atoms with Gasteiger partial charge in [0.15, 0.2) is 0 Å². The molecule has 92 valence electrons. The molecule has 1 rings (SSSR count). The van der Waals surface area contributed by atoms with Crippen LogP contribution in [0.5, 0.6) is 5.75 Å². The molecule has 0 fully saturated rings. The number of nitrogens with one attached hydrogen (secondary N) is 1. The number of rotatable bonds is 5. The number of aromatic hydroxyl groups is 1. The summed E-state index contributed by atoms with van der Waals surface area (Å²) in [5.74, 6) is -1.83. The van der Waals surface area contributed by atoms with E-state index in [-0.39, 0.29) is 18.1 Å². The van der Waals surface area contributed by atoms with Crippen molar-refractivity contribution in [2.75, 3.05) is 5.88 Å². The second-order valence-electron chi connectivity index (χ2n) is 3.46. The Kier molecular flexibility index (Phi) is 4.78. The molecule has 1 aromatic rings. The first-order chi connectivity index (χ1) is 8.02. The molecule has 0 aliphatic carbocycles. The number of carbonyl (C=O) groups is 2. The minimum Gasteiger partial charge on any atom is -0.508 e. The topological polar surface area (TPSA) is 86.6 Å². The lowest BCUT2D eigenvalue weighted by Gasteiger charge is -2.13. The van der Waals surface area contributed by atoms with Gasteiger partial charge >= 0.3 is 5.97 Å². The van der Waals surface area contributed by atoms with Gasteiger partial charge in [0.2, 0.25) is 5.91 Å². The Morgan fingerprint density at radius 1 is 1.29 bits per heavy atom. The fourth-order valence-electron chi connectivity index (χ4n) is 1.30. The van der Waals surface area contributed by atoms with Gasteiger partial charge in [-0.25, -0.2) is 4.79 Å². The van der Waals surface area contributed by atoms with Crippen molar-refractivity contribution in [3.05, 3.63) is 29.8 Å². The molecular formula is C11H12ClNO4. The van der Waals surface area contributed by atoms with E-state index in [1.54, 1.807) is 12.1 Å². The van der Waals surface area contributed by atoms with Crippen molar-refractivity contribution in [1.29, 1.82) is 0 Å². The lowest BCUT2D eigenvalue weighted by atomic mass is 10.1. The molecular weight excluding hydrogens is 246 g/mol. The van der Waals surface area contributed by atoms with Crippen LogP contribution in [0.1, 0.15) is 5.56 Å². The average Bonchev–Trinajstić information content (AvgIpc) is 2.30. The molecule has 0 saturated carbocycles. The molecule has 1 amide bonds. The van der Waals surface area contributed by atoms with Gasteiger partial charge in [-0.2, -0.15) is 0 Å². The van der Waals surface area contributed by atoms with Gasteiger partial charge in [0, 0.05) is 6.42 Å². The highest BCUT2D eigenvalue weighted by Gasteiger charge is 2.19. The third-order valence-corrected chi connectivity index (χ3v) is 2.37. The van der Waals surface area contributed by atoms with E-state index in [2.05, 4.69) is 5.32 Å². The lowest BCUT2D eigenvalue weighted by molar-refractivity contribution is -0.141. The Labute approximate surface area is 103 Å². The minimum atomic E-state index is -1.13. The van der Waals surface area contributed by atoms with Crippen LogP contribution in [0.15, 0.2) is 24.3 Å². The normalized spacial score (nSPS) is 11.8. The molecule has 0 bridgehead atoms. The SMILES string of the molecule is O=C(CCl)N[C@@H](Cc1ccc(O)cc1)C(=O)O. The predicted molar refractivity (Wildman–Crippen MR) is 62.1 cm³/mol. The van der Waals surface area contributed by atoms with Gasteiger partial charge in [0.25, 0.3) is 0 Å². The van der Waals surface area contributed by atoms with Crippen LogP contribution in [-0.4, -0.2) is 34.0 Å². The molecule has 1 aromatic carbocycles. The van der Waals surface area contributed by atoms with Crippen molar-refractivity contribution in [2.45, 2.75) is 12.5 Å². The maximum absolute atomic E-state index is 11.0. The number of hydrogen-bond acceptors (Lipinski definition) is 3. The number of alkyl halides is 1. The van der Waals surface area contributed by atoms with Crippen LogP contribution in [0.2, 0.25) is 0 Å². The summed E-state index contributed by atoms with van der Waals surface area (Å²) in [5, 5.41) is 20.3. The first-order valence-electron chi connectivity index (χ1n) is 4.89. The van der Waals surface area contributed by atoms with E-state index >= 15 is 0 Å². The maximum atomic E-state index is 11.0. The van der Waals surface area contributed by atoms with Crippen molar-refractivity contribution in [3.8, 4) is 5.75 Å². The Morgan fingerprint density at radius 3 is 2.35 bits per heavy atom. The zero-order valence-electron chi connectivity index (χ0n) is 8.89. The summed E-state index contributed by atoms with van der Waals surface area (Å²) in [6.45, 7) is 0. The number of phenols is 1. The quantitative estimate of drug-likeness (QED) is 0.679. The Morgan fingerprint density at radius 2 is 1.88 bits per heavy atom. The third-order valence-electron chi connectivity index (χ3n) is 2.13. The number of aliphatic carboxylic acids is 1. The maximum Gasteiger partial charge on any atom is 0.326 e. The van der Waals surface area contributed by atoms with Crippen LogP contribution < -0.4 is 5.32 Å². The fraction of sp³-hybridized carbons (Fsp3) is 0.273. The van der Waals surface area contributed by atoms with Crippen molar-refractivity contribution in [1.82, 2.24) is 5.32 Å². The van der Waals surface area contributed by atoms with Crippen molar-refractivity contribution in [2.24, 2.45) is 0 Å². The molecule has 0 heterocycles. The Bertz CT molecular complexity index is 404. The number of halogens is 1. The van der Waals surface area contributed by atoms with Crippen LogP contribution >= 0.6 is 11.6 Å². The highest BCUT2D eigenvalue weighted by Crippen LogP contribution is 2.11. The molecule has 0 radical (unpaired) electrons. The molecule has 0 aliphatic rings. The first-order valence-corrected chi connectivity index (χ1v) is 5.42. The lowest BCUT2D eigenvalue weighted by Crippen LogP contribution is -2.42. The number of amides is 1. The monoisotopic (exact) mass is 257 g/mol. The molecule has 0 unspecified atom stereocenters. The van der Waals surface area contributed by atoms with E-state index in [1.807, 2.05) is 0 Å². The number of hydrogen-bond donors (Lipinski definition) is 3. The largest absolute Gasteiger partial charge is 0.508 e. The van der Waals surface area contributed by atoms with Gasteiger partial charge in [-0.05, 0) is 17.7 Å². The summed E-state index contributed by atoms with van der Waals surface area (Å²) >= 11 is 5.29. The van der Waals surface area contributed by atoms with Gasteiger partial charge in [0.05, 0.1) is 0 Å². The Balaban J connectivity index is 2.70. The number of phenolic OH excluding ortho intramolecular Hbond substituents is 1. The molecule has 0 saturated heterocycles. The first kappa shape index (κ1) is 13.3. The molecule has 6 heteroatoms. The zero-order chi connectivity index (χ0) is 12.8. The summed E-state index contributed by atoms with van der Waals surface area (Å²) < 4.78 is 0. The minimum absolute atomic E-state index is 0.102. The van der Waals surface area contributed by atoms with Crippen LogP contribution in [0.25, 0.3) is 0 Å². The van der Waals surface area contributed by atoms with E-state index in [0.717, 1.165) is 0 Å². The zero-order valence-corrected chi connectivity index (χ0v) is 9.65. The van der Waals surface area contributed by atoms with Crippen LogP contribution in [0, 0.1) is 0 Å². The van der Waals surface area contributed by atoms with Gasteiger partial charge in [-0.3, -0.25) is 4.79 Å². The molecule has 0 aliphatic heterocycles. The van der Waals surface area contributed by atoms with Gasteiger partial charge in [-0.15, -0.1) is 11.6 Å². The molecule has 3 N–H and O–H groups in total. The van der Waals surface area contributed by atoms with Crippen LogP contribution in [-0.2, 0) is 16.0 Å². The van der Waals surface area contributed by atoms with Crippen LogP contribution in [0.4, 0.5) is 0 Å². The second-order valence-corrected chi connectivity index (χ2v) is 3.73. The molecule has 0 aromatic heterocycles. The highest BCUT2D eigenvalue weighted by molar-refractivity contribution is 6.27. The van der Waals surface area contributed by atoms with Crippen molar-refractivity contribution >= 4 is 23.5 Å². The van der Waals surface area contributed by atoms with Crippen molar-refractivity contribution in [3.63, 3.8) is 0 Å². The van der Waals surface area contributed by atoms with Gasteiger partial charge < -0.3 is 15.5 Å². The standard InChI is InChI=1S/C11H12ClNO4/c12-6-10(15)13-9(11(16)17)5-7-1-3-8(14)4-2-7/h1-4,9,14H,5-6H2,(H,13,15)(H,16,17)/t9-/m0/s1. The number of benzene rings is 1. The van der Waals surface area contributed by atoms with E-state index in [9.17, 15) is 9.59 Å². The van der Waals surface area contributed by atoms with Gasteiger partial charge in [0.1, 0.15) is 17.7 Å². The summed E-state index contributed by atoms with van der Waals surface area (Å²) in [6, 6.07) is 5.08. The molecule has 0 spiro atoms. The summed E-state index contributed by atoms with van der Waals surface area (Å²) in [6.07, 6.45) is 0.137. The van der Waals surface area contributed by atoms with E-state index in [1.165, 1.54) is 12.1 Å². The molecule has 1 atom stereocenters. The fourth-order valence-corrected chi connectivity index (χ4v) is 1.38. The number of carboxylic acids is 1. The van der Waals surface area contributed by atoms with E-state index in [0.29, 0.717) is 5.56 Å².